The average molecular weight is 329 g/mol. The zero-order valence-corrected chi connectivity index (χ0v) is 14.6. The van der Waals surface area contributed by atoms with E-state index < -0.39 is 5.60 Å². The second-order valence-corrected chi connectivity index (χ2v) is 7.60. The fraction of sp³-hybridized carbons (Fsp3) is 0.600. The average Bonchev–Trinajstić information content (AvgIpc) is 3.12. The number of hydrogen-bond donors (Lipinski definition) is 1. The van der Waals surface area contributed by atoms with E-state index in [9.17, 15) is 5.11 Å². The van der Waals surface area contributed by atoms with Crippen LogP contribution in [0.15, 0.2) is 28.7 Å². The van der Waals surface area contributed by atoms with Crippen LogP contribution in [-0.4, -0.2) is 41.4 Å². The van der Waals surface area contributed by atoms with E-state index in [0.29, 0.717) is 19.3 Å². The molecule has 0 amide bonds. The van der Waals surface area contributed by atoms with Crippen molar-refractivity contribution in [3.8, 4) is 0 Å². The number of aryl methyl sites for hydroxylation is 1. The number of furan rings is 1. The molecule has 0 aliphatic carbocycles. The molecule has 2 saturated heterocycles. The van der Waals surface area contributed by atoms with E-state index in [1.54, 1.807) is 0 Å². The smallest absolute Gasteiger partial charge is 0.134 e. The van der Waals surface area contributed by atoms with Crippen molar-refractivity contribution in [1.82, 2.24) is 4.90 Å². The van der Waals surface area contributed by atoms with Crippen molar-refractivity contribution < 1.29 is 14.3 Å². The van der Waals surface area contributed by atoms with Crippen LogP contribution in [0.4, 0.5) is 0 Å². The van der Waals surface area contributed by atoms with E-state index in [1.807, 2.05) is 19.1 Å². The number of benzene rings is 1. The molecule has 130 valence electrons. The van der Waals surface area contributed by atoms with Crippen molar-refractivity contribution in [2.75, 3.05) is 19.8 Å². The maximum absolute atomic E-state index is 10.8. The molecule has 3 atom stereocenters. The van der Waals surface area contributed by atoms with Crippen LogP contribution in [0, 0.1) is 12.8 Å². The fourth-order valence-corrected chi connectivity index (χ4v) is 4.50. The van der Waals surface area contributed by atoms with Crippen molar-refractivity contribution in [2.24, 2.45) is 5.92 Å². The highest BCUT2D eigenvalue weighted by Crippen LogP contribution is 2.37. The molecule has 0 saturated carbocycles. The number of rotatable bonds is 3. The summed E-state index contributed by atoms with van der Waals surface area (Å²) in [4.78, 5) is 2.53. The summed E-state index contributed by atoms with van der Waals surface area (Å²) in [6.45, 7) is 7.34. The van der Waals surface area contributed by atoms with Gasteiger partial charge in [0.05, 0.1) is 12.2 Å². The SMILES string of the molecule is Cc1oc2ccccc2c1CN1CCC[C@@H]1[C@H]1COCC[C@@]1(C)O. The van der Waals surface area contributed by atoms with Gasteiger partial charge in [-0.15, -0.1) is 0 Å². The number of ether oxygens (including phenoxy) is 1. The number of fused-ring (bicyclic) bond motifs is 1. The zero-order chi connectivity index (χ0) is 16.7. The summed E-state index contributed by atoms with van der Waals surface area (Å²) in [5.74, 6) is 1.20. The first-order chi connectivity index (χ1) is 11.6. The monoisotopic (exact) mass is 329 g/mol. The molecule has 2 aliphatic rings. The van der Waals surface area contributed by atoms with Gasteiger partial charge in [-0.25, -0.2) is 0 Å². The zero-order valence-electron chi connectivity index (χ0n) is 14.6. The minimum absolute atomic E-state index is 0.187. The van der Waals surface area contributed by atoms with Crippen LogP contribution >= 0.6 is 0 Å². The molecule has 2 aromatic rings. The Kier molecular flexibility index (Phi) is 4.15. The lowest BCUT2D eigenvalue weighted by Gasteiger charge is -2.43. The highest BCUT2D eigenvalue weighted by molar-refractivity contribution is 5.82. The number of para-hydroxylation sites is 1. The molecule has 24 heavy (non-hydrogen) atoms. The largest absolute Gasteiger partial charge is 0.461 e. The van der Waals surface area contributed by atoms with Crippen LogP contribution in [0.5, 0.6) is 0 Å². The molecule has 1 aromatic heterocycles. The van der Waals surface area contributed by atoms with E-state index in [0.717, 1.165) is 37.3 Å². The second-order valence-electron chi connectivity index (χ2n) is 7.60. The summed E-state index contributed by atoms with van der Waals surface area (Å²) in [6.07, 6.45) is 3.06. The molecule has 0 spiro atoms. The van der Waals surface area contributed by atoms with Gasteiger partial charge in [0.25, 0.3) is 0 Å². The van der Waals surface area contributed by atoms with Gasteiger partial charge in [0.15, 0.2) is 0 Å². The Hall–Kier alpha value is -1.36. The summed E-state index contributed by atoms with van der Waals surface area (Å²) < 4.78 is 11.6. The first-order valence-corrected chi connectivity index (χ1v) is 9.07. The molecular formula is C20H27NO3. The van der Waals surface area contributed by atoms with Crippen LogP contribution in [0.25, 0.3) is 11.0 Å². The van der Waals surface area contributed by atoms with Gasteiger partial charge in [0.1, 0.15) is 11.3 Å². The van der Waals surface area contributed by atoms with E-state index in [4.69, 9.17) is 9.15 Å². The van der Waals surface area contributed by atoms with Crippen molar-refractivity contribution in [3.05, 3.63) is 35.6 Å². The predicted octanol–water partition coefficient (Wildman–Crippen LogP) is 3.49. The van der Waals surface area contributed by atoms with Crippen molar-refractivity contribution >= 4 is 11.0 Å². The lowest BCUT2D eigenvalue weighted by atomic mass is 9.79. The minimum atomic E-state index is -0.626. The van der Waals surface area contributed by atoms with Gasteiger partial charge in [0, 0.05) is 36.1 Å². The molecule has 4 nitrogen and oxygen atoms in total. The van der Waals surface area contributed by atoms with Crippen LogP contribution in [0.2, 0.25) is 0 Å². The molecular weight excluding hydrogens is 302 g/mol. The van der Waals surface area contributed by atoms with Crippen LogP contribution < -0.4 is 0 Å². The van der Waals surface area contributed by atoms with E-state index in [1.165, 1.54) is 17.4 Å². The first-order valence-electron chi connectivity index (χ1n) is 9.07. The van der Waals surface area contributed by atoms with Crippen LogP contribution in [0.3, 0.4) is 0 Å². The number of likely N-dealkylation sites (tertiary alicyclic amines) is 1. The third-order valence-corrected chi connectivity index (χ3v) is 5.99. The summed E-state index contributed by atoms with van der Waals surface area (Å²) in [6, 6.07) is 8.65. The second kappa shape index (κ2) is 6.17. The maximum Gasteiger partial charge on any atom is 0.134 e. The summed E-state index contributed by atoms with van der Waals surface area (Å²) in [5, 5.41) is 12.1. The minimum Gasteiger partial charge on any atom is -0.461 e. The Morgan fingerprint density at radius 1 is 1.33 bits per heavy atom. The molecule has 0 bridgehead atoms. The van der Waals surface area contributed by atoms with E-state index in [2.05, 4.69) is 24.0 Å². The molecule has 0 radical (unpaired) electrons. The molecule has 3 heterocycles. The molecule has 0 unspecified atom stereocenters. The van der Waals surface area contributed by atoms with Gasteiger partial charge in [-0.2, -0.15) is 0 Å². The maximum atomic E-state index is 10.8. The van der Waals surface area contributed by atoms with Gasteiger partial charge in [0.2, 0.25) is 0 Å². The lowest BCUT2D eigenvalue weighted by molar-refractivity contribution is -0.123. The van der Waals surface area contributed by atoms with Crippen molar-refractivity contribution in [3.63, 3.8) is 0 Å². The molecule has 1 N–H and O–H groups in total. The standard InChI is InChI=1S/C20H27NO3/c1-14-16(15-6-3-4-8-19(15)24-14)12-21-10-5-7-18(21)17-13-23-11-9-20(17,2)22/h3-4,6,8,17-18,22H,5,7,9-13H2,1-2H3/t17-,18-,20-/m1/s1. The quantitative estimate of drug-likeness (QED) is 0.936. The highest BCUT2D eigenvalue weighted by atomic mass is 16.5. The lowest BCUT2D eigenvalue weighted by Crippen LogP contribution is -2.52. The van der Waals surface area contributed by atoms with Crippen molar-refractivity contribution in [2.45, 2.75) is 51.3 Å². The van der Waals surface area contributed by atoms with E-state index in [-0.39, 0.29) is 5.92 Å². The van der Waals surface area contributed by atoms with Crippen LogP contribution in [-0.2, 0) is 11.3 Å². The van der Waals surface area contributed by atoms with Gasteiger partial charge < -0.3 is 14.3 Å². The van der Waals surface area contributed by atoms with Gasteiger partial charge >= 0.3 is 0 Å². The predicted molar refractivity (Wildman–Crippen MR) is 93.9 cm³/mol. The summed E-state index contributed by atoms with van der Waals surface area (Å²) in [5.41, 5.74) is 1.63. The molecule has 2 aliphatic heterocycles. The van der Waals surface area contributed by atoms with Gasteiger partial charge in [-0.3, -0.25) is 4.90 Å². The molecule has 4 rings (SSSR count). The Labute approximate surface area is 143 Å². The Balaban J connectivity index is 1.60. The molecule has 1 aromatic carbocycles. The fourth-order valence-electron chi connectivity index (χ4n) is 4.50. The topological polar surface area (TPSA) is 45.8 Å². The first kappa shape index (κ1) is 16.1. The molecule has 2 fully saturated rings. The normalized spacial score (nSPS) is 31.8. The summed E-state index contributed by atoms with van der Waals surface area (Å²) in [7, 11) is 0. The Bertz CT molecular complexity index is 721. The number of aliphatic hydroxyl groups is 1. The number of hydrogen-bond acceptors (Lipinski definition) is 4. The third-order valence-electron chi connectivity index (χ3n) is 5.99. The van der Waals surface area contributed by atoms with Gasteiger partial charge in [-0.1, -0.05) is 18.2 Å². The summed E-state index contributed by atoms with van der Waals surface area (Å²) >= 11 is 0. The third kappa shape index (κ3) is 2.77. The number of nitrogens with zero attached hydrogens (tertiary/aromatic N) is 1. The van der Waals surface area contributed by atoms with Crippen LogP contribution in [0.1, 0.15) is 37.5 Å². The molecule has 4 heteroatoms. The Morgan fingerprint density at radius 3 is 3.00 bits per heavy atom. The highest BCUT2D eigenvalue weighted by Gasteiger charge is 2.44. The van der Waals surface area contributed by atoms with Crippen molar-refractivity contribution in [1.29, 1.82) is 0 Å². The van der Waals surface area contributed by atoms with E-state index >= 15 is 0 Å². The Morgan fingerprint density at radius 2 is 2.17 bits per heavy atom. The van der Waals surface area contributed by atoms with Gasteiger partial charge in [-0.05, 0) is 45.7 Å².